The van der Waals surface area contributed by atoms with Crippen molar-refractivity contribution in [2.75, 3.05) is 0 Å². The molecule has 0 aliphatic carbocycles. The first-order valence-electron chi connectivity index (χ1n) is 9.28. The molecule has 1 atom stereocenters. The highest BCUT2D eigenvalue weighted by atomic mass is 35.5. The van der Waals surface area contributed by atoms with E-state index in [1.165, 1.54) is 12.1 Å². The van der Waals surface area contributed by atoms with Crippen molar-refractivity contribution in [3.05, 3.63) is 63.8 Å². The van der Waals surface area contributed by atoms with Crippen LogP contribution in [0.4, 0.5) is 8.78 Å². The van der Waals surface area contributed by atoms with Gasteiger partial charge in [0.2, 0.25) is 0 Å². The van der Waals surface area contributed by atoms with E-state index in [2.05, 4.69) is 0 Å². The van der Waals surface area contributed by atoms with Gasteiger partial charge in [-0.3, -0.25) is 14.2 Å². The Bertz CT molecular complexity index is 1170. The number of aliphatic carboxylic acids is 1. The number of rotatable bonds is 5. The summed E-state index contributed by atoms with van der Waals surface area (Å²) in [6.07, 6.45) is 0.275. The molecule has 0 aliphatic heterocycles. The second-order valence-corrected chi connectivity index (χ2v) is 8.02. The highest BCUT2D eigenvalue weighted by Crippen LogP contribution is 2.38. The summed E-state index contributed by atoms with van der Waals surface area (Å²) in [5.41, 5.74) is 0.647. The highest BCUT2D eigenvalue weighted by molar-refractivity contribution is 6.30. The van der Waals surface area contributed by atoms with Crippen molar-refractivity contribution in [2.45, 2.75) is 33.1 Å². The van der Waals surface area contributed by atoms with Gasteiger partial charge in [-0.25, -0.2) is 8.78 Å². The van der Waals surface area contributed by atoms with Crippen molar-refractivity contribution in [1.29, 1.82) is 0 Å². The largest absolute Gasteiger partial charge is 0.505 e. The minimum absolute atomic E-state index is 0.0269. The molecule has 0 saturated carbocycles. The first kappa shape index (κ1) is 21.8. The number of halogens is 3. The molecule has 30 heavy (non-hydrogen) atoms. The quantitative estimate of drug-likeness (QED) is 0.555. The van der Waals surface area contributed by atoms with E-state index in [-0.39, 0.29) is 39.5 Å². The summed E-state index contributed by atoms with van der Waals surface area (Å²) in [6.45, 7) is 5.28. The number of carbonyl (C=O) groups is 2. The second-order valence-electron chi connectivity index (χ2n) is 7.61. The third kappa shape index (κ3) is 3.77. The second kappa shape index (κ2) is 8.07. The molecule has 158 valence electrons. The lowest BCUT2D eigenvalue weighted by Crippen LogP contribution is -2.17. The smallest absolute Gasteiger partial charge is 0.311 e. The number of fused-ring (bicyclic) bond motifs is 1. The average molecular weight is 436 g/mol. The monoisotopic (exact) mass is 435 g/mol. The van der Waals surface area contributed by atoms with Crippen LogP contribution in [0.3, 0.4) is 0 Å². The Morgan fingerprint density at radius 1 is 1.13 bits per heavy atom. The van der Waals surface area contributed by atoms with Crippen molar-refractivity contribution in [3.63, 3.8) is 0 Å². The molecule has 3 rings (SSSR count). The predicted octanol–water partition coefficient (Wildman–Crippen LogP) is 5.49. The predicted molar refractivity (Wildman–Crippen MR) is 109 cm³/mol. The summed E-state index contributed by atoms with van der Waals surface area (Å²) in [6, 6.07) is 5.62. The van der Waals surface area contributed by atoms with Crippen LogP contribution in [0.1, 0.15) is 47.8 Å². The number of benzene rings is 2. The van der Waals surface area contributed by atoms with Crippen molar-refractivity contribution in [1.82, 2.24) is 4.57 Å². The first-order chi connectivity index (χ1) is 14.0. The number of phenolic OH excluding ortho intramolecular Hbond substituents is 1. The Kier molecular flexibility index (Phi) is 5.85. The zero-order valence-corrected chi connectivity index (χ0v) is 17.3. The zero-order valence-electron chi connectivity index (χ0n) is 16.5. The third-order valence-corrected chi connectivity index (χ3v) is 5.35. The van der Waals surface area contributed by atoms with E-state index in [9.17, 15) is 28.6 Å². The maximum absolute atomic E-state index is 14.2. The van der Waals surface area contributed by atoms with Gasteiger partial charge >= 0.3 is 5.97 Å². The van der Waals surface area contributed by atoms with Crippen LogP contribution in [-0.4, -0.2) is 26.7 Å². The molecule has 0 amide bonds. The molecule has 0 saturated heterocycles. The number of nitrogens with zero attached hydrogens (tertiary/aromatic N) is 1. The fourth-order valence-corrected chi connectivity index (χ4v) is 3.84. The Morgan fingerprint density at radius 3 is 2.37 bits per heavy atom. The highest BCUT2D eigenvalue weighted by Gasteiger charge is 2.30. The lowest BCUT2D eigenvalue weighted by molar-refractivity contribution is -0.139. The van der Waals surface area contributed by atoms with Crippen LogP contribution in [0.25, 0.3) is 10.9 Å². The summed E-state index contributed by atoms with van der Waals surface area (Å²) >= 11 is 5.69. The van der Waals surface area contributed by atoms with Gasteiger partial charge < -0.3 is 10.2 Å². The fraction of sp³-hybridized carbons (Fsp3) is 0.273. The van der Waals surface area contributed by atoms with Gasteiger partial charge in [-0.05, 0) is 49.1 Å². The van der Waals surface area contributed by atoms with Crippen LogP contribution in [0.15, 0.2) is 30.3 Å². The lowest BCUT2D eigenvalue weighted by atomic mass is 9.88. The van der Waals surface area contributed by atoms with E-state index >= 15 is 0 Å². The molecule has 1 aromatic heterocycles. The van der Waals surface area contributed by atoms with E-state index in [1.54, 1.807) is 6.92 Å². The summed E-state index contributed by atoms with van der Waals surface area (Å²) in [5, 5.41) is 19.8. The number of hydrogen-bond acceptors (Lipinski definition) is 3. The van der Waals surface area contributed by atoms with Gasteiger partial charge in [0.25, 0.3) is 5.91 Å². The van der Waals surface area contributed by atoms with Gasteiger partial charge in [-0.2, -0.15) is 0 Å². The van der Waals surface area contributed by atoms with E-state index < -0.39 is 35.2 Å². The van der Waals surface area contributed by atoms with Crippen molar-refractivity contribution in [3.8, 4) is 5.75 Å². The minimum atomic E-state index is -1.10. The number of phenols is 1. The molecule has 0 spiro atoms. The number of carboxylic acid groups (broad SMARTS) is 1. The summed E-state index contributed by atoms with van der Waals surface area (Å²) in [5.74, 6) is -5.12. The molecule has 3 aromatic rings. The minimum Gasteiger partial charge on any atom is -0.505 e. The third-order valence-electron chi connectivity index (χ3n) is 5.04. The first-order valence-corrected chi connectivity index (χ1v) is 9.66. The number of carboxylic acids is 1. The van der Waals surface area contributed by atoms with E-state index in [4.69, 9.17) is 11.6 Å². The zero-order chi connectivity index (χ0) is 22.3. The van der Waals surface area contributed by atoms with Gasteiger partial charge in [0.05, 0.1) is 16.5 Å². The maximum Gasteiger partial charge on any atom is 0.311 e. The molecular formula is C22H20ClF2NO4. The van der Waals surface area contributed by atoms with Crippen molar-refractivity contribution >= 4 is 34.4 Å². The molecule has 1 heterocycles. The van der Waals surface area contributed by atoms with Gasteiger partial charge in [-0.1, -0.05) is 25.4 Å². The SMILES string of the molecule is Cc1c([C@H](CC(C)C)C(=O)O)c2cc(O)c(F)cc2n1C(=O)c1ccc(Cl)c(F)c1. The average Bonchev–Trinajstić information content (AvgIpc) is 2.92. The molecule has 0 fully saturated rings. The van der Waals surface area contributed by atoms with Crippen LogP contribution in [0.5, 0.6) is 5.75 Å². The van der Waals surface area contributed by atoms with E-state index in [1.807, 2.05) is 13.8 Å². The lowest BCUT2D eigenvalue weighted by Gasteiger charge is -2.16. The molecule has 0 radical (unpaired) electrons. The Labute approximate surface area is 176 Å². The van der Waals surface area contributed by atoms with Crippen LogP contribution < -0.4 is 0 Å². The Hall–Kier alpha value is -2.93. The Morgan fingerprint density at radius 2 is 1.80 bits per heavy atom. The van der Waals surface area contributed by atoms with E-state index in [0.29, 0.717) is 5.56 Å². The van der Waals surface area contributed by atoms with Gasteiger partial charge in [-0.15, -0.1) is 0 Å². The summed E-state index contributed by atoms with van der Waals surface area (Å²) in [7, 11) is 0. The number of aromatic hydroxyl groups is 1. The normalized spacial score (nSPS) is 12.5. The molecule has 5 nitrogen and oxygen atoms in total. The standard InChI is InChI=1S/C22H20ClF2NO4/c1-10(2)6-14(22(29)30)20-11(3)26(18-9-17(25)19(27)8-13(18)20)21(28)12-4-5-15(23)16(24)7-12/h4-5,7-10,14,27H,6H2,1-3H3,(H,29,30)/t14-/m0/s1. The molecule has 0 aliphatic rings. The van der Waals surface area contributed by atoms with Crippen LogP contribution in [0.2, 0.25) is 5.02 Å². The van der Waals surface area contributed by atoms with Crippen molar-refractivity contribution in [2.24, 2.45) is 5.92 Å². The van der Waals surface area contributed by atoms with Gasteiger partial charge in [0.15, 0.2) is 11.6 Å². The van der Waals surface area contributed by atoms with Crippen LogP contribution in [-0.2, 0) is 4.79 Å². The topological polar surface area (TPSA) is 79.5 Å². The van der Waals surface area contributed by atoms with E-state index in [0.717, 1.165) is 22.8 Å². The van der Waals surface area contributed by atoms with Gasteiger partial charge in [0, 0.05) is 22.7 Å². The maximum atomic E-state index is 14.2. The Balaban J connectivity index is 2.33. The molecule has 0 bridgehead atoms. The summed E-state index contributed by atoms with van der Waals surface area (Å²) in [4.78, 5) is 25.2. The summed E-state index contributed by atoms with van der Waals surface area (Å²) < 4.78 is 29.2. The number of aromatic nitrogens is 1. The molecule has 0 unspecified atom stereocenters. The number of carbonyl (C=O) groups excluding carboxylic acids is 1. The molecule has 8 heteroatoms. The fourth-order valence-electron chi connectivity index (χ4n) is 3.72. The van der Waals surface area contributed by atoms with Crippen LogP contribution >= 0.6 is 11.6 Å². The van der Waals surface area contributed by atoms with Gasteiger partial charge in [0.1, 0.15) is 5.82 Å². The molecule has 2 N–H and O–H groups in total. The number of hydrogen-bond donors (Lipinski definition) is 2. The van der Waals surface area contributed by atoms with Crippen LogP contribution in [0, 0.1) is 24.5 Å². The van der Waals surface area contributed by atoms with Crippen molar-refractivity contribution < 1.29 is 28.6 Å². The molecular weight excluding hydrogens is 416 g/mol. The molecule has 2 aromatic carbocycles.